The molecule has 3 heterocycles. The fourth-order valence-electron chi connectivity index (χ4n) is 5.08. The number of nitrogens with zero attached hydrogens (tertiary/aromatic N) is 1. The zero-order valence-electron chi connectivity index (χ0n) is 17.0. The highest BCUT2D eigenvalue weighted by molar-refractivity contribution is 7.99. The summed E-state index contributed by atoms with van der Waals surface area (Å²) in [4.78, 5) is 19.6. The minimum Gasteiger partial charge on any atom is -0.344 e. The zero-order chi connectivity index (χ0) is 20.5. The Kier molecular flexibility index (Phi) is 6.24. The van der Waals surface area contributed by atoms with Crippen LogP contribution in [0.2, 0.25) is 4.34 Å². The van der Waals surface area contributed by atoms with Gasteiger partial charge in [0, 0.05) is 48.9 Å². The number of ketones is 1. The molecule has 2 atom stereocenters. The molecule has 0 radical (unpaired) electrons. The predicted molar refractivity (Wildman–Crippen MR) is 130 cm³/mol. The highest BCUT2D eigenvalue weighted by Gasteiger charge is 2.33. The molecule has 6 heteroatoms. The van der Waals surface area contributed by atoms with Crippen LogP contribution in [0.25, 0.3) is 10.2 Å². The first-order chi connectivity index (χ1) is 14.7. The number of halogens is 1. The fraction of sp³-hybridized carbons (Fsp3) is 0.458. The van der Waals surface area contributed by atoms with Crippen LogP contribution in [0, 0.1) is 5.92 Å². The summed E-state index contributed by atoms with van der Waals surface area (Å²) in [6, 6.07) is 12.9. The largest absolute Gasteiger partial charge is 0.344 e. The van der Waals surface area contributed by atoms with E-state index in [9.17, 15) is 4.79 Å². The van der Waals surface area contributed by atoms with Gasteiger partial charge in [0.2, 0.25) is 0 Å². The third-order valence-electron chi connectivity index (χ3n) is 6.62. The first-order valence-corrected chi connectivity index (χ1v) is 13.2. The average molecular weight is 459 g/mol. The third-order valence-corrected chi connectivity index (χ3v) is 8.76. The second kappa shape index (κ2) is 9.07. The summed E-state index contributed by atoms with van der Waals surface area (Å²) in [6.45, 7) is 3.59. The summed E-state index contributed by atoms with van der Waals surface area (Å²) in [5.74, 6) is 3.99. The smallest absolute Gasteiger partial charge is 0.179 e. The van der Waals surface area contributed by atoms with Crippen LogP contribution >= 0.6 is 34.7 Å². The number of H-pyrrole nitrogens is 1. The number of carbonyl (C=O) groups excluding carboxylic acids is 1. The van der Waals surface area contributed by atoms with Crippen molar-refractivity contribution in [3.8, 4) is 0 Å². The molecule has 2 aliphatic rings. The maximum Gasteiger partial charge on any atom is 0.179 e. The molecular weight excluding hydrogens is 432 g/mol. The van der Waals surface area contributed by atoms with Gasteiger partial charge in [-0.15, -0.1) is 11.3 Å². The quantitative estimate of drug-likeness (QED) is 0.425. The van der Waals surface area contributed by atoms with Gasteiger partial charge in [0.05, 0.1) is 10.0 Å². The molecule has 0 amide bonds. The van der Waals surface area contributed by atoms with Gasteiger partial charge in [0.1, 0.15) is 4.83 Å². The zero-order valence-corrected chi connectivity index (χ0v) is 19.4. The molecule has 0 bridgehead atoms. The van der Waals surface area contributed by atoms with E-state index in [4.69, 9.17) is 11.6 Å². The van der Waals surface area contributed by atoms with E-state index >= 15 is 0 Å². The molecule has 30 heavy (non-hydrogen) atoms. The number of hydrogen-bond acceptors (Lipinski definition) is 4. The third kappa shape index (κ3) is 4.36. The first kappa shape index (κ1) is 20.6. The number of aromatic amines is 1. The van der Waals surface area contributed by atoms with E-state index in [1.54, 1.807) is 5.56 Å². The lowest BCUT2D eigenvalue weighted by molar-refractivity contribution is 0.0973. The second-order valence-electron chi connectivity index (χ2n) is 8.52. The number of rotatable bonds is 7. The maximum atomic E-state index is 12.7. The van der Waals surface area contributed by atoms with Crippen LogP contribution in [-0.4, -0.2) is 46.8 Å². The van der Waals surface area contributed by atoms with Crippen LogP contribution in [0.5, 0.6) is 0 Å². The lowest BCUT2D eigenvalue weighted by Crippen LogP contribution is -2.36. The van der Waals surface area contributed by atoms with Crippen molar-refractivity contribution in [1.82, 2.24) is 9.88 Å². The summed E-state index contributed by atoms with van der Waals surface area (Å²) in [6.07, 6.45) is 3.85. The molecule has 158 valence electrons. The van der Waals surface area contributed by atoms with Crippen LogP contribution < -0.4 is 0 Å². The topological polar surface area (TPSA) is 36.1 Å². The Morgan fingerprint density at radius 2 is 2.03 bits per heavy atom. The van der Waals surface area contributed by atoms with E-state index in [-0.39, 0.29) is 5.78 Å². The predicted octanol–water partition coefficient (Wildman–Crippen LogP) is 6.24. The molecular formula is C24H27ClN2OS2. The van der Waals surface area contributed by atoms with E-state index in [1.807, 2.05) is 12.1 Å². The molecule has 0 saturated carbocycles. The minimum atomic E-state index is 0.217. The monoisotopic (exact) mass is 458 g/mol. The number of hydrogen-bond donors (Lipinski definition) is 1. The highest BCUT2D eigenvalue weighted by Crippen LogP contribution is 2.41. The first-order valence-electron chi connectivity index (χ1n) is 10.9. The number of Topliss-reactive ketones (excluding diaryl/α,β-unsaturated/α-hetero) is 1. The molecule has 3 aromatic rings. The van der Waals surface area contributed by atoms with Crippen LogP contribution in [-0.2, 0) is 6.42 Å². The van der Waals surface area contributed by atoms with Crippen LogP contribution in [0.15, 0.2) is 36.4 Å². The van der Waals surface area contributed by atoms with Gasteiger partial charge in [-0.25, -0.2) is 0 Å². The van der Waals surface area contributed by atoms with Crippen molar-refractivity contribution < 1.29 is 4.79 Å². The van der Waals surface area contributed by atoms with Crippen molar-refractivity contribution in [3.05, 3.63) is 57.6 Å². The van der Waals surface area contributed by atoms with Gasteiger partial charge in [-0.1, -0.05) is 35.9 Å². The van der Waals surface area contributed by atoms with Crippen LogP contribution in [0.4, 0.5) is 0 Å². The Hall–Kier alpha value is -1.27. The van der Waals surface area contributed by atoms with Crippen LogP contribution in [0.3, 0.4) is 0 Å². The molecule has 2 aromatic heterocycles. The highest BCUT2D eigenvalue weighted by atomic mass is 35.5. The summed E-state index contributed by atoms with van der Waals surface area (Å²) in [5.41, 5.74) is 3.80. The van der Waals surface area contributed by atoms with Crippen molar-refractivity contribution in [2.45, 2.75) is 31.6 Å². The van der Waals surface area contributed by atoms with E-state index in [1.165, 1.54) is 48.0 Å². The summed E-state index contributed by atoms with van der Waals surface area (Å²) >= 11 is 9.61. The number of benzene rings is 1. The van der Waals surface area contributed by atoms with Gasteiger partial charge >= 0.3 is 0 Å². The molecule has 5 rings (SSSR count). The molecule has 1 aliphatic carbocycles. The standard InChI is InChI=1S/C24H27ClN2OS2/c25-23-14-18-13-21(26-24(18)30-23)22(28)7-3-5-17-12-16-4-1-2-6-19(16)20(17)15-27-8-10-29-11-9-27/h1-2,4,6,13-14,17,20,26H,3,5,7-12,15H2/t17?,20-/m0/s1. The second-order valence-corrected chi connectivity index (χ2v) is 11.4. The number of thioether (sulfide) groups is 1. The van der Waals surface area contributed by atoms with Gasteiger partial charge in [-0.3, -0.25) is 4.79 Å². The van der Waals surface area contributed by atoms with Crippen LogP contribution in [0.1, 0.15) is 46.8 Å². The Morgan fingerprint density at radius 3 is 2.87 bits per heavy atom. The van der Waals surface area contributed by atoms with Gasteiger partial charge in [-0.05, 0) is 48.4 Å². The molecule has 1 aromatic carbocycles. The summed E-state index contributed by atoms with van der Waals surface area (Å²) in [5, 5.41) is 1.04. The number of thiophene rings is 1. The summed E-state index contributed by atoms with van der Waals surface area (Å²) < 4.78 is 0.759. The Morgan fingerprint density at radius 1 is 1.20 bits per heavy atom. The molecule has 3 nitrogen and oxygen atoms in total. The Bertz CT molecular complexity index is 1010. The minimum absolute atomic E-state index is 0.217. The number of fused-ring (bicyclic) bond motifs is 2. The number of carbonyl (C=O) groups is 1. The number of nitrogens with one attached hydrogen (secondary N) is 1. The van der Waals surface area contributed by atoms with Crippen molar-refractivity contribution in [2.24, 2.45) is 5.92 Å². The van der Waals surface area contributed by atoms with Gasteiger partial charge in [0.25, 0.3) is 0 Å². The molecule has 0 spiro atoms. The van der Waals surface area contributed by atoms with E-state index in [0.29, 0.717) is 18.3 Å². The van der Waals surface area contributed by atoms with Crippen molar-refractivity contribution >= 4 is 50.7 Å². The van der Waals surface area contributed by atoms with Gasteiger partial charge < -0.3 is 9.88 Å². The Labute approximate surface area is 191 Å². The maximum absolute atomic E-state index is 12.7. The van der Waals surface area contributed by atoms with Crippen molar-refractivity contribution in [2.75, 3.05) is 31.1 Å². The average Bonchev–Trinajstić information content (AvgIpc) is 3.40. The van der Waals surface area contributed by atoms with E-state index < -0.39 is 0 Å². The lowest BCUT2D eigenvalue weighted by Gasteiger charge is -2.31. The van der Waals surface area contributed by atoms with E-state index in [2.05, 4.69) is 45.9 Å². The SMILES string of the molecule is O=C(CCCC1Cc2ccccc2[C@H]1CN1CCSCC1)c1cc2cc(Cl)sc2[nH]1. The molecule has 1 N–H and O–H groups in total. The fourth-order valence-corrected chi connectivity index (χ4v) is 7.18. The number of aromatic nitrogens is 1. The van der Waals surface area contributed by atoms with Crippen molar-refractivity contribution in [1.29, 1.82) is 0 Å². The molecule has 1 unspecified atom stereocenters. The van der Waals surface area contributed by atoms with E-state index in [0.717, 1.165) is 39.5 Å². The molecule has 1 fully saturated rings. The molecule has 1 aliphatic heterocycles. The Balaban J connectivity index is 1.21. The molecule has 1 saturated heterocycles. The van der Waals surface area contributed by atoms with Gasteiger partial charge in [-0.2, -0.15) is 11.8 Å². The van der Waals surface area contributed by atoms with Crippen molar-refractivity contribution in [3.63, 3.8) is 0 Å². The van der Waals surface area contributed by atoms with Gasteiger partial charge in [0.15, 0.2) is 5.78 Å². The summed E-state index contributed by atoms with van der Waals surface area (Å²) in [7, 11) is 0. The normalized spacial score (nSPS) is 21.9. The lowest BCUT2D eigenvalue weighted by atomic mass is 9.87.